The van der Waals surface area contributed by atoms with Gasteiger partial charge in [0, 0.05) is 10.6 Å². The topological polar surface area (TPSA) is 69.4 Å². The average Bonchev–Trinajstić information content (AvgIpc) is 2.46. The molecule has 2 N–H and O–H groups in total. The van der Waals surface area contributed by atoms with Gasteiger partial charge >= 0.3 is 0 Å². The van der Waals surface area contributed by atoms with Crippen LogP contribution in [0.4, 0.5) is 0 Å². The predicted octanol–water partition coefficient (Wildman–Crippen LogP) is 3.01. The third-order valence-electron chi connectivity index (χ3n) is 2.94. The lowest BCUT2D eigenvalue weighted by atomic mass is 10.1. The lowest BCUT2D eigenvalue weighted by Gasteiger charge is -2.09. The smallest absolute Gasteiger partial charge is 0.252 e. The molecule has 0 aromatic heterocycles. The monoisotopic (exact) mass is 303 g/mol. The molecule has 2 rings (SSSR count). The van der Waals surface area contributed by atoms with Crippen molar-refractivity contribution < 1.29 is 14.3 Å². The lowest BCUT2D eigenvalue weighted by molar-refractivity contribution is 0.0912. The number of hydrogen-bond donors (Lipinski definition) is 1. The van der Waals surface area contributed by atoms with Gasteiger partial charge in [0.1, 0.15) is 5.75 Å². The van der Waals surface area contributed by atoms with Crippen LogP contribution in [0, 0.1) is 6.92 Å². The predicted molar refractivity (Wildman–Crippen MR) is 81.0 cm³/mol. The summed E-state index contributed by atoms with van der Waals surface area (Å²) in [7, 11) is 0. The summed E-state index contributed by atoms with van der Waals surface area (Å²) in [6, 6.07) is 11.7. The number of hydrogen-bond acceptors (Lipinski definition) is 3. The fraction of sp³-hybridized carbons (Fsp3) is 0.125. The molecule has 1 amide bonds. The molecule has 2 aromatic carbocycles. The summed E-state index contributed by atoms with van der Waals surface area (Å²) in [5.74, 6) is -0.594. The molecule has 0 atom stereocenters. The molecule has 0 radical (unpaired) electrons. The Kier molecular flexibility index (Phi) is 4.60. The second-order valence-electron chi connectivity index (χ2n) is 4.58. The van der Waals surface area contributed by atoms with Crippen molar-refractivity contribution in [3.63, 3.8) is 0 Å². The SMILES string of the molecule is Cc1ccc(C(=O)COc2ccc(Cl)cc2C(N)=O)cc1. The van der Waals surface area contributed by atoms with Crippen molar-refractivity contribution in [1.29, 1.82) is 0 Å². The third-order valence-corrected chi connectivity index (χ3v) is 3.17. The molecule has 0 saturated carbocycles. The van der Waals surface area contributed by atoms with Crippen LogP contribution >= 0.6 is 11.6 Å². The number of ketones is 1. The molecule has 5 heteroatoms. The van der Waals surface area contributed by atoms with Gasteiger partial charge in [0.05, 0.1) is 5.56 Å². The van der Waals surface area contributed by atoms with Gasteiger partial charge in [-0.05, 0) is 25.1 Å². The van der Waals surface area contributed by atoms with Gasteiger partial charge in [0.2, 0.25) is 0 Å². The Morgan fingerprint density at radius 2 is 1.81 bits per heavy atom. The van der Waals surface area contributed by atoms with Crippen LogP contribution in [0.1, 0.15) is 26.3 Å². The maximum atomic E-state index is 12.0. The van der Waals surface area contributed by atoms with Crippen molar-refractivity contribution >= 4 is 23.3 Å². The van der Waals surface area contributed by atoms with E-state index in [2.05, 4.69) is 0 Å². The summed E-state index contributed by atoms with van der Waals surface area (Å²) in [5, 5.41) is 0.376. The average molecular weight is 304 g/mol. The maximum Gasteiger partial charge on any atom is 0.252 e. The van der Waals surface area contributed by atoms with Gasteiger partial charge in [-0.1, -0.05) is 41.4 Å². The minimum atomic E-state index is -0.657. The fourth-order valence-corrected chi connectivity index (χ4v) is 1.96. The largest absolute Gasteiger partial charge is 0.485 e. The number of aryl methyl sites for hydroxylation is 1. The summed E-state index contributed by atoms with van der Waals surface area (Å²) >= 11 is 5.80. The zero-order chi connectivity index (χ0) is 15.4. The van der Waals surface area contributed by atoms with Gasteiger partial charge in [-0.3, -0.25) is 9.59 Å². The molecule has 0 aliphatic heterocycles. The van der Waals surface area contributed by atoms with Gasteiger partial charge < -0.3 is 10.5 Å². The number of carbonyl (C=O) groups excluding carboxylic acids is 2. The van der Waals surface area contributed by atoms with E-state index >= 15 is 0 Å². The first-order valence-corrected chi connectivity index (χ1v) is 6.67. The van der Waals surface area contributed by atoms with E-state index in [1.165, 1.54) is 12.1 Å². The highest BCUT2D eigenvalue weighted by molar-refractivity contribution is 6.31. The Labute approximate surface area is 127 Å². The number of benzene rings is 2. The molecule has 4 nitrogen and oxygen atoms in total. The van der Waals surface area contributed by atoms with Gasteiger partial charge in [-0.2, -0.15) is 0 Å². The number of halogens is 1. The highest BCUT2D eigenvalue weighted by atomic mass is 35.5. The van der Waals surface area contributed by atoms with Crippen LogP contribution in [-0.2, 0) is 0 Å². The molecule has 0 bridgehead atoms. The van der Waals surface area contributed by atoms with Gasteiger partial charge in [-0.25, -0.2) is 0 Å². The Balaban J connectivity index is 2.11. The van der Waals surface area contributed by atoms with Crippen LogP contribution < -0.4 is 10.5 Å². The normalized spacial score (nSPS) is 10.2. The Bertz CT molecular complexity index is 680. The highest BCUT2D eigenvalue weighted by Crippen LogP contribution is 2.22. The van der Waals surface area contributed by atoms with E-state index in [-0.39, 0.29) is 23.7 Å². The van der Waals surface area contributed by atoms with E-state index in [1.807, 2.05) is 19.1 Å². The Morgan fingerprint density at radius 1 is 1.14 bits per heavy atom. The van der Waals surface area contributed by atoms with Crippen LogP contribution in [-0.4, -0.2) is 18.3 Å². The van der Waals surface area contributed by atoms with Crippen molar-refractivity contribution in [2.24, 2.45) is 5.73 Å². The summed E-state index contributed by atoms with van der Waals surface area (Å²) in [6.07, 6.45) is 0. The zero-order valence-corrected chi connectivity index (χ0v) is 12.2. The van der Waals surface area contributed by atoms with Crippen molar-refractivity contribution in [3.8, 4) is 5.75 Å². The number of amides is 1. The molecule has 108 valence electrons. The van der Waals surface area contributed by atoms with Crippen molar-refractivity contribution in [1.82, 2.24) is 0 Å². The first kappa shape index (κ1) is 15.1. The van der Waals surface area contributed by atoms with E-state index in [4.69, 9.17) is 22.1 Å². The summed E-state index contributed by atoms with van der Waals surface area (Å²) in [4.78, 5) is 23.3. The van der Waals surface area contributed by atoms with Gasteiger partial charge in [0.15, 0.2) is 12.4 Å². The molecule has 0 aliphatic carbocycles. The number of nitrogens with two attached hydrogens (primary N) is 1. The molecular weight excluding hydrogens is 290 g/mol. The molecule has 0 spiro atoms. The number of Topliss-reactive ketones (excluding diaryl/α,β-unsaturated/α-hetero) is 1. The quantitative estimate of drug-likeness (QED) is 0.863. The second-order valence-corrected chi connectivity index (χ2v) is 5.02. The standard InChI is InChI=1S/C16H14ClNO3/c1-10-2-4-11(5-3-10)14(19)9-21-15-7-6-12(17)8-13(15)16(18)20/h2-8H,9H2,1H3,(H2,18,20). The van der Waals surface area contributed by atoms with Crippen LogP contribution in [0.25, 0.3) is 0 Å². The summed E-state index contributed by atoms with van der Waals surface area (Å²) < 4.78 is 5.39. The molecular formula is C16H14ClNO3. The Hall–Kier alpha value is -2.33. The number of carbonyl (C=O) groups is 2. The second kappa shape index (κ2) is 6.41. The molecule has 0 heterocycles. The van der Waals surface area contributed by atoms with Crippen molar-refractivity contribution in [2.75, 3.05) is 6.61 Å². The molecule has 0 aliphatic rings. The molecule has 0 saturated heterocycles. The fourth-order valence-electron chi connectivity index (χ4n) is 1.79. The van der Waals surface area contributed by atoms with E-state index in [9.17, 15) is 9.59 Å². The summed E-state index contributed by atoms with van der Waals surface area (Å²) in [5.41, 5.74) is 7.03. The van der Waals surface area contributed by atoms with Crippen LogP contribution in [0.3, 0.4) is 0 Å². The van der Waals surface area contributed by atoms with Crippen molar-refractivity contribution in [2.45, 2.75) is 6.92 Å². The van der Waals surface area contributed by atoms with E-state index in [0.717, 1.165) is 5.56 Å². The first-order chi connectivity index (χ1) is 9.97. The van der Waals surface area contributed by atoms with Gasteiger partial charge in [0.25, 0.3) is 5.91 Å². The van der Waals surface area contributed by atoms with Crippen LogP contribution in [0.15, 0.2) is 42.5 Å². The number of ether oxygens (including phenoxy) is 1. The lowest BCUT2D eigenvalue weighted by Crippen LogP contribution is -2.16. The molecule has 0 unspecified atom stereocenters. The minimum Gasteiger partial charge on any atom is -0.485 e. The number of rotatable bonds is 5. The number of primary amides is 1. The van der Waals surface area contributed by atoms with Crippen molar-refractivity contribution in [3.05, 3.63) is 64.2 Å². The first-order valence-electron chi connectivity index (χ1n) is 6.29. The van der Waals surface area contributed by atoms with E-state index < -0.39 is 5.91 Å². The summed E-state index contributed by atoms with van der Waals surface area (Å²) in [6.45, 7) is 1.77. The molecule has 21 heavy (non-hydrogen) atoms. The van der Waals surface area contributed by atoms with Crippen LogP contribution in [0.5, 0.6) is 5.75 Å². The van der Waals surface area contributed by atoms with E-state index in [0.29, 0.717) is 10.6 Å². The minimum absolute atomic E-state index is 0.152. The molecule has 0 fully saturated rings. The molecule has 2 aromatic rings. The highest BCUT2D eigenvalue weighted by Gasteiger charge is 2.12. The third kappa shape index (κ3) is 3.83. The van der Waals surface area contributed by atoms with E-state index in [1.54, 1.807) is 18.2 Å². The zero-order valence-electron chi connectivity index (χ0n) is 11.4. The maximum absolute atomic E-state index is 12.0. The van der Waals surface area contributed by atoms with Crippen LogP contribution in [0.2, 0.25) is 5.02 Å². The Morgan fingerprint density at radius 3 is 2.43 bits per heavy atom. The van der Waals surface area contributed by atoms with Gasteiger partial charge in [-0.15, -0.1) is 0 Å².